The van der Waals surface area contributed by atoms with Crippen molar-refractivity contribution >= 4 is 5.97 Å². The van der Waals surface area contributed by atoms with E-state index in [4.69, 9.17) is 9.47 Å². The van der Waals surface area contributed by atoms with E-state index in [0.29, 0.717) is 6.61 Å². The van der Waals surface area contributed by atoms with E-state index in [1.807, 2.05) is 13.0 Å². The molecule has 1 aliphatic rings. The van der Waals surface area contributed by atoms with Gasteiger partial charge in [-0.25, -0.2) is 4.79 Å². The monoisotopic (exact) mass is 310 g/mol. The molecule has 0 aliphatic carbocycles. The Hall–Kier alpha value is -0.830. The van der Waals surface area contributed by atoms with E-state index in [9.17, 15) is 4.79 Å². The molecule has 0 radical (unpaired) electrons. The van der Waals surface area contributed by atoms with Crippen molar-refractivity contribution < 1.29 is 14.3 Å². The first-order valence-corrected chi connectivity index (χ1v) is 9.19. The van der Waals surface area contributed by atoms with Crippen molar-refractivity contribution in [3.8, 4) is 0 Å². The molecular weight excluding hydrogens is 276 g/mol. The van der Waals surface area contributed by atoms with E-state index in [0.717, 1.165) is 18.6 Å². The highest BCUT2D eigenvalue weighted by Gasteiger charge is 2.24. The summed E-state index contributed by atoms with van der Waals surface area (Å²) in [7, 11) is 0. The Labute approximate surface area is 136 Å². The largest absolute Gasteiger partial charge is 0.459 e. The van der Waals surface area contributed by atoms with Gasteiger partial charge in [-0.1, -0.05) is 70.8 Å². The number of epoxide rings is 1. The van der Waals surface area contributed by atoms with Crippen LogP contribution in [0, 0.1) is 0 Å². The number of allylic oxidation sites excluding steroid dienone is 1. The molecule has 1 rings (SSSR count). The number of esters is 1. The van der Waals surface area contributed by atoms with Crippen LogP contribution in [-0.4, -0.2) is 25.3 Å². The van der Waals surface area contributed by atoms with Crippen molar-refractivity contribution in [3.63, 3.8) is 0 Å². The van der Waals surface area contributed by atoms with Crippen LogP contribution in [0.15, 0.2) is 11.6 Å². The average molecular weight is 310 g/mol. The second-order valence-electron chi connectivity index (χ2n) is 6.41. The molecule has 0 saturated carbocycles. The second kappa shape index (κ2) is 12.7. The zero-order valence-corrected chi connectivity index (χ0v) is 14.6. The van der Waals surface area contributed by atoms with Gasteiger partial charge < -0.3 is 9.47 Å². The fraction of sp³-hybridized carbons (Fsp3) is 0.842. The fourth-order valence-electron chi connectivity index (χ4n) is 2.48. The lowest BCUT2D eigenvalue weighted by atomic mass is 10.1. The maximum atomic E-state index is 11.6. The summed E-state index contributed by atoms with van der Waals surface area (Å²) in [5.74, 6) is -0.192. The summed E-state index contributed by atoms with van der Waals surface area (Å²) in [6.07, 6.45) is 16.6. The Morgan fingerprint density at radius 2 is 1.59 bits per heavy atom. The number of carbonyl (C=O) groups is 1. The van der Waals surface area contributed by atoms with Crippen LogP contribution in [0.3, 0.4) is 0 Å². The zero-order valence-electron chi connectivity index (χ0n) is 14.6. The average Bonchev–Trinajstić information content (AvgIpc) is 3.34. The molecule has 1 fully saturated rings. The van der Waals surface area contributed by atoms with Crippen molar-refractivity contribution in [1.82, 2.24) is 0 Å². The van der Waals surface area contributed by atoms with Crippen LogP contribution >= 0.6 is 0 Å². The third-order valence-electron chi connectivity index (χ3n) is 4.13. The van der Waals surface area contributed by atoms with E-state index in [2.05, 4.69) is 6.92 Å². The fourth-order valence-corrected chi connectivity index (χ4v) is 2.48. The smallest absolute Gasteiger partial charge is 0.333 e. The quantitative estimate of drug-likeness (QED) is 0.192. The molecular formula is C19H34O3. The third-order valence-corrected chi connectivity index (χ3v) is 4.13. The topological polar surface area (TPSA) is 38.8 Å². The minimum atomic E-state index is -0.192. The number of hydrogen-bond donors (Lipinski definition) is 0. The zero-order chi connectivity index (χ0) is 16.0. The van der Waals surface area contributed by atoms with E-state index in [1.165, 1.54) is 64.2 Å². The second-order valence-corrected chi connectivity index (χ2v) is 6.41. The van der Waals surface area contributed by atoms with Gasteiger partial charge in [-0.2, -0.15) is 0 Å². The molecule has 3 nitrogen and oxygen atoms in total. The van der Waals surface area contributed by atoms with E-state index >= 15 is 0 Å². The molecule has 0 N–H and O–H groups in total. The van der Waals surface area contributed by atoms with Crippen molar-refractivity contribution in [2.45, 2.75) is 90.6 Å². The number of hydrogen-bond acceptors (Lipinski definition) is 3. The van der Waals surface area contributed by atoms with Gasteiger partial charge in [0.2, 0.25) is 0 Å². The Balaban J connectivity index is 1.86. The molecule has 0 spiro atoms. The molecule has 3 heteroatoms. The first-order valence-electron chi connectivity index (χ1n) is 9.19. The Bertz CT molecular complexity index is 319. The minimum absolute atomic E-state index is 0.152. The highest BCUT2D eigenvalue weighted by atomic mass is 16.6. The molecule has 22 heavy (non-hydrogen) atoms. The highest BCUT2D eigenvalue weighted by Crippen LogP contribution is 2.13. The van der Waals surface area contributed by atoms with Gasteiger partial charge in [-0.05, 0) is 19.8 Å². The summed E-state index contributed by atoms with van der Waals surface area (Å²) in [4.78, 5) is 11.6. The first-order chi connectivity index (χ1) is 10.7. The summed E-state index contributed by atoms with van der Waals surface area (Å²) in [5, 5.41) is 0. The van der Waals surface area contributed by atoms with Crippen LogP contribution < -0.4 is 0 Å². The van der Waals surface area contributed by atoms with E-state index in [-0.39, 0.29) is 12.1 Å². The lowest BCUT2D eigenvalue weighted by molar-refractivity contribution is -0.139. The van der Waals surface area contributed by atoms with Crippen LogP contribution in [-0.2, 0) is 14.3 Å². The van der Waals surface area contributed by atoms with Crippen molar-refractivity contribution in [2.75, 3.05) is 13.2 Å². The normalized spacial score (nSPS) is 17.5. The number of ether oxygens (including phenoxy) is 2. The summed E-state index contributed by atoms with van der Waals surface area (Å²) < 4.78 is 10.2. The first kappa shape index (κ1) is 19.2. The van der Waals surface area contributed by atoms with Crippen molar-refractivity contribution in [3.05, 3.63) is 11.6 Å². The Morgan fingerprint density at radius 1 is 1.05 bits per heavy atom. The summed E-state index contributed by atoms with van der Waals surface area (Å²) in [6, 6.07) is 0. The third kappa shape index (κ3) is 10.8. The SMILES string of the molecule is CCCCCCCCCCCCC=C(C)C(=O)OCC1CO1. The molecule has 128 valence electrons. The summed E-state index contributed by atoms with van der Waals surface area (Å²) in [6.45, 7) is 5.24. The van der Waals surface area contributed by atoms with Crippen LogP contribution in [0.25, 0.3) is 0 Å². The van der Waals surface area contributed by atoms with E-state index < -0.39 is 0 Å². The summed E-state index contributed by atoms with van der Waals surface area (Å²) >= 11 is 0. The predicted molar refractivity (Wildman–Crippen MR) is 90.9 cm³/mol. The molecule has 1 atom stereocenters. The standard InChI is InChI=1S/C19H34O3/c1-3-4-5-6-7-8-9-10-11-12-13-14-17(2)19(20)22-16-18-15-21-18/h14,18H,3-13,15-16H2,1-2H3. The van der Waals surface area contributed by atoms with Crippen molar-refractivity contribution in [1.29, 1.82) is 0 Å². The van der Waals surface area contributed by atoms with Gasteiger partial charge in [-0.15, -0.1) is 0 Å². The van der Waals surface area contributed by atoms with Crippen LogP contribution in [0.2, 0.25) is 0 Å². The lowest BCUT2D eigenvalue weighted by Gasteiger charge is -2.03. The molecule has 0 aromatic carbocycles. The van der Waals surface area contributed by atoms with Gasteiger partial charge in [0.1, 0.15) is 12.7 Å². The van der Waals surface area contributed by atoms with Crippen LogP contribution in [0.1, 0.15) is 84.5 Å². The molecule has 1 aliphatic heterocycles. The lowest BCUT2D eigenvalue weighted by Crippen LogP contribution is -2.10. The molecule has 0 amide bonds. The molecule has 0 bridgehead atoms. The number of carbonyl (C=O) groups excluding carboxylic acids is 1. The number of rotatable bonds is 14. The molecule has 0 aromatic heterocycles. The van der Waals surface area contributed by atoms with Gasteiger partial charge in [0.15, 0.2) is 0 Å². The van der Waals surface area contributed by atoms with Gasteiger partial charge in [0, 0.05) is 5.57 Å². The summed E-state index contributed by atoms with van der Waals surface area (Å²) in [5.41, 5.74) is 0.733. The number of unbranched alkanes of at least 4 members (excludes halogenated alkanes) is 10. The van der Waals surface area contributed by atoms with Crippen LogP contribution in [0.5, 0.6) is 0 Å². The maximum Gasteiger partial charge on any atom is 0.333 e. The van der Waals surface area contributed by atoms with Gasteiger partial charge in [0.05, 0.1) is 6.61 Å². The highest BCUT2D eigenvalue weighted by molar-refractivity contribution is 5.87. The maximum absolute atomic E-state index is 11.6. The van der Waals surface area contributed by atoms with Crippen molar-refractivity contribution in [2.24, 2.45) is 0 Å². The molecule has 0 aromatic rings. The molecule has 1 unspecified atom stereocenters. The Kier molecular flexibility index (Phi) is 11.1. The van der Waals surface area contributed by atoms with Crippen LogP contribution in [0.4, 0.5) is 0 Å². The Morgan fingerprint density at radius 3 is 2.14 bits per heavy atom. The minimum Gasteiger partial charge on any atom is -0.459 e. The van der Waals surface area contributed by atoms with E-state index in [1.54, 1.807) is 0 Å². The van der Waals surface area contributed by atoms with Gasteiger partial charge >= 0.3 is 5.97 Å². The molecule has 1 heterocycles. The predicted octanol–water partition coefficient (Wildman–Crippen LogP) is 5.19. The molecule has 1 saturated heterocycles. The van der Waals surface area contributed by atoms with Gasteiger partial charge in [0.25, 0.3) is 0 Å². The van der Waals surface area contributed by atoms with Gasteiger partial charge in [-0.3, -0.25) is 0 Å².